The van der Waals surface area contributed by atoms with Gasteiger partial charge in [-0.3, -0.25) is 0 Å². The van der Waals surface area contributed by atoms with Crippen LogP contribution in [0.4, 0.5) is 0 Å². The molecule has 0 radical (unpaired) electrons. The van der Waals surface area contributed by atoms with Crippen LogP contribution in [0.25, 0.3) is 0 Å². The summed E-state index contributed by atoms with van der Waals surface area (Å²) < 4.78 is 5.92. The monoisotopic (exact) mass is 383 g/mol. The third kappa shape index (κ3) is 6.43. The first kappa shape index (κ1) is 23.3. The largest absolute Gasteiger partial charge is 0.458 e. The predicted molar refractivity (Wildman–Crippen MR) is 111 cm³/mol. The van der Waals surface area contributed by atoms with E-state index in [-0.39, 0.29) is 23.9 Å². The number of nitrogens with one attached hydrogen (secondary N) is 1. The van der Waals surface area contributed by atoms with Gasteiger partial charge in [-0.25, -0.2) is 4.79 Å². The Kier molecular flexibility index (Phi) is 9.98. The molecule has 2 N–H and O–H groups in total. The number of hydrogen-bond acceptors (Lipinski definition) is 5. The predicted octanol–water partition coefficient (Wildman–Crippen LogP) is 4.26. The van der Waals surface area contributed by atoms with Crippen molar-refractivity contribution in [1.82, 2.24) is 5.32 Å². The van der Waals surface area contributed by atoms with Crippen LogP contribution in [0.5, 0.6) is 0 Å². The highest BCUT2D eigenvalue weighted by Crippen LogP contribution is 2.39. The molecule has 0 aliphatic heterocycles. The highest BCUT2D eigenvalue weighted by atomic mass is 32.1. The molecule has 0 spiro atoms. The zero-order valence-corrected chi connectivity index (χ0v) is 17.7. The summed E-state index contributed by atoms with van der Waals surface area (Å²) in [5.41, 5.74) is -1.60. The van der Waals surface area contributed by atoms with Crippen LogP contribution in [-0.4, -0.2) is 36.4 Å². The Morgan fingerprint density at radius 1 is 1.35 bits per heavy atom. The Labute approximate surface area is 164 Å². The number of carbonyl (C=O) groups excluding carboxylic acids is 1. The maximum absolute atomic E-state index is 13.1. The minimum atomic E-state index is -1.45. The van der Waals surface area contributed by atoms with Gasteiger partial charge in [0.25, 0.3) is 0 Å². The first-order chi connectivity index (χ1) is 12.3. The maximum atomic E-state index is 13.1. The summed E-state index contributed by atoms with van der Waals surface area (Å²) in [4.78, 5) is 13.1. The van der Waals surface area contributed by atoms with Crippen molar-refractivity contribution in [2.24, 2.45) is 11.3 Å². The number of likely N-dealkylation sites (N-methyl/N-ethyl adjacent to an activating group) is 1. The Balaban J connectivity index is 2.97. The minimum Gasteiger partial charge on any atom is -0.458 e. The molecule has 26 heavy (non-hydrogen) atoms. The lowest BCUT2D eigenvalue weighted by Gasteiger charge is -2.38. The lowest BCUT2D eigenvalue weighted by Crippen LogP contribution is -2.50. The van der Waals surface area contributed by atoms with E-state index < -0.39 is 11.6 Å². The van der Waals surface area contributed by atoms with Gasteiger partial charge in [-0.2, -0.15) is 12.6 Å². The zero-order chi connectivity index (χ0) is 19.6. The maximum Gasteiger partial charge on any atom is 0.339 e. The smallest absolute Gasteiger partial charge is 0.339 e. The van der Waals surface area contributed by atoms with Gasteiger partial charge in [0.15, 0.2) is 5.60 Å². The molecule has 5 heteroatoms. The third-order valence-electron chi connectivity index (χ3n) is 5.55. The van der Waals surface area contributed by atoms with Gasteiger partial charge in [0.1, 0.15) is 6.10 Å². The summed E-state index contributed by atoms with van der Waals surface area (Å²) in [5, 5.41) is 16.1. The molecule has 0 aromatic heterocycles. The molecule has 0 heterocycles. The van der Waals surface area contributed by atoms with E-state index in [2.05, 4.69) is 38.7 Å². The number of hydrogen-bond donors (Lipinski definition) is 3. The molecular formula is C21H37NO3S. The van der Waals surface area contributed by atoms with E-state index in [9.17, 15) is 9.90 Å². The second kappa shape index (κ2) is 11.2. The van der Waals surface area contributed by atoms with Crippen molar-refractivity contribution >= 4 is 18.6 Å². The van der Waals surface area contributed by atoms with Crippen LogP contribution in [0.3, 0.4) is 0 Å². The fourth-order valence-electron chi connectivity index (χ4n) is 3.90. The fraction of sp³-hybridized carbons (Fsp3) is 0.762. The molecule has 0 bridgehead atoms. The first-order valence-electron chi connectivity index (χ1n) is 9.85. The summed E-state index contributed by atoms with van der Waals surface area (Å²) >= 11 is 4.02. The zero-order valence-electron chi connectivity index (χ0n) is 16.8. The quantitative estimate of drug-likeness (QED) is 0.283. The Morgan fingerprint density at radius 3 is 2.54 bits per heavy atom. The van der Waals surface area contributed by atoms with E-state index >= 15 is 0 Å². The number of rotatable bonds is 11. The highest BCUT2D eigenvalue weighted by molar-refractivity contribution is 7.83. The average molecular weight is 384 g/mol. The van der Waals surface area contributed by atoms with E-state index in [0.717, 1.165) is 38.5 Å². The molecule has 4 nitrogen and oxygen atoms in total. The SMILES string of the molecule is CCCC(C)(C)C(CNC)OC(=O)C(O)(C/C=C\C=C/S)C1CCCC1. The van der Waals surface area contributed by atoms with Crippen molar-refractivity contribution in [3.8, 4) is 0 Å². The molecule has 150 valence electrons. The summed E-state index contributed by atoms with van der Waals surface area (Å²) in [7, 11) is 1.86. The number of ether oxygens (including phenoxy) is 1. The van der Waals surface area contributed by atoms with Crippen LogP contribution >= 0.6 is 12.6 Å². The Bertz CT molecular complexity index is 484. The fourth-order valence-corrected chi connectivity index (χ4v) is 3.99. The summed E-state index contributed by atoms with van der Waals surface area (Å²) in [6, 6.07) is 0. The normalized spacial score (nSPS) is 19.9. The molecule has 0 aromatic rings. The Morgan fingerprint density at radius 2 is 2.00 bits per heavy atom. The van der Waals surface area contributed by atoms with Gasteiger partial charge >= 0.3 is 5.97 Å². The molecule has 2 unspecified atom stereocenters. The molecule has 1 saturated carbocycles. The van der Waals surface area contributed by atoms with Crippen LogP contribution in [0.1, 0.15) is 65.7 Å². The van der Waals surface area contributed by atoms with Crippen LogP contribution in [0.15, 0.2) is 23.6 Å². The molecule has 1 aliphatic carbocycles. The standard InChI is InChI=1S/C21H37NO3S/c1-5-13-20(2,3)18(16-22-4)25-19(23)21(24,14-9-6-10-15-26)17-11-7-8-12-17/h6,9-10,15,17-18,22,24,26H,5,7-8,11-14,16H2,1-4H3/b9-6-,15-10-. The van der Waals surface area contributed by atoms with Crippen molar-refractivity contribution in [2.45, 2.75) is 77.4 Å². The second-order valence-corrected chi connectivity index (χ2v) is 8.37. The lowest BCUT2D eigenvalue weighted by molar-refractivity contribution is -0.183. The van der Waals surface area contributed by atoms with Gasteiger partial charge in [-0.15, -0.1) is 0 Å². The van der Waals surface area contributed by atoms with Gasteiger partial charge in [0.05, 0.1) is 0 Å². The molecule has 2 atom stereocenters. The van der Waals surface area contributed by atoms with Crippen molar-refractivity contribution in [3.63, 3.8) is 0 Å². The van der Waals surface area contributed by atoms with E-state index in [1.165, 1.54) is 0 Å². The van der Waals surface area contributed by atoms with Gasteiger partial charge < -0.3 is 15.2 Å². The van der Waals surface area contributed by atoms with Gasteiger partial charge in [-0.1, -0.05) is 58.3 Å². The topological polar surface area (TPSA) is 58.6 Å². The van der Waals surface area contributed by atoms with Crippen LogP contribution in [0.2, 0.25) is 0 Å². The third-order valence-corrected chi connectivity index (χ3v) is 5.72. The van der Waals surface area contributed by atoms with Crippen LogP contribution in [-0.2, 0) is 9.53 Å². The van der Waals surface area contributed by atoms with Crippen molar-refractivity contribution in [2.75, 3.05) is 13.6 Å². The number of thiol groups is 1. The highest BCUT2D eigenvalue weighted by Gasteiger charge is 2.47. The van der Waals surface area contributed by atoms with E-state index in [1.807, 2.05) is 19.2 Å². The second-order valence-electron chi connectivity index (χ2n) is 8.07. The van der Waals surface area contributed by atoms with Gasteiger partial charge in [0, 0.05) is 18.4 Å². The number of allylic oxidation sites excluding steroid dienone is 2. The lowest BCUT2D eigenvalue weighted by atomic mass is 9.80. The molecule has 1 rings (SSSR count). The van der Waals surface area contributed by atoms with Crippen LogP contribution < -0.4 is 5.32 Å². The summed E-state index contributed by atoms with van der Waals surface area (Å²) in [6.07, 6.45) is 11.3. The summed E-state index contributed by atoms with van der Waals surface area (Å²) in [6.45, 7) is 6.96. The van der Waals surface area contributed by atoms with E-state index in [0.29, 0.717) is 6.54 Å². The van der Waals surface area contributed by atoms with Gasteiger partial charge in [0.2, 0.25) is 0 Å². The number of carbonyl (C=O) groups is 1. The van der Waals surface area contributed by atoms with Crippen molar-refractivity contribution in [3.05, 3.63) is 23.6 Å². The van der Waals surface area contributed by atoms with Gasteiger partial charge in [-0.05, 0) is 37.6 Å². The molecule has 0 aromatic carbocycles. The first-order valence-corrected chi connectivity index (χ1v) is 10.4. The summed E-state index contributed by atoms with van der Waals surface area (Å²) in [5.74, 6) is -0.516. The Hall–Kier alpha value is -0.780. The molecular weight excluding hydrogens is 346 g/mol. The molecule has 1 fully saturated rings. The van der Waals surface area contributed by atoms with E-state index in [1.54, 1.807) is 11.5 Å². The van der Waals surface area contributed by atoms with Crippen LogP contribution in [0, 0.1) is 11.3 Å². The van der Waals surface area contributed by atoms with Crippen molar-refractivity contribution in [1.29, 1.82) is 0 Å². The van der Waals surface area contributed by atoms with Crippen molar-refractivity contribution < 1.29 is 14.6 Å². The number of aliphatic hydroxyl groups is 1. The molecule has 0 amide bonds. The van der Waals surface area contributed by atoms with E-state index in [4.69, 9.17) is 4.74 Å². The number of esters is 1. The molecule has 1 aliphatic rings. The molecule has 0 saturated heterocycles. The minimum absolute atomic E-state index is 0.0378. The average Bonchev–Trinajstić information content (AvgIpc) is 3.13.